The molecule has 108 valence electrons. The van der Waals surface area contributed by atoms with Crippen molar-refractivity contribution in [2.45, 2.75) is 45.7 Å². The minimum Gasteiger partial charge on any atom is -0.310 e. The first-order valence-corrected chi connectivity index (χ1v) is 7.24. The molecule has 0 radical (unpaired) electrons. The number of hydrogen-bond acceptors (Lipinski definition) is 4. The van der Waals surface area contributed by atoms with Crippen molar-refractivity contribution < 1.29 is 0 Å². The molecule has 5 heteroatoms. The van der Waals surface area contributed by atoms with Crippen LogP contribution in [0.25, 0.3) is 0 Å². The molecule has 0 bridgehead atoms. The van der Waals surface area contributed by atoms with Crippen LogP contribution in [-0.4, -0.2) is 26.3 Å². The van der Waals surface area contributed by atoms with Crippen molar-refractivity contribution >= 4 is 0 Å². The normalized spacial score (nSPS) is 12.8. The van der Waals surface area contributed by atoms with Gasteiger partial charge in [0, 0.05) is 30.9 Å². The second-order valence-electron chi connectivity index (χ2n) is 5.21. The Morgan fingerprint density at radius 3 is 2.65 bits per heavy atom. The average molecular weight is 273 g/mol. The largest absolute Gasteiger partial charge is 0.310 e. The van der Waals surface area contributed by atoms with Crippen molar-refractivity contribution in [1.82, 2.24) is 25.1 Å². The van der Waals surface area contributed by atoms with Crippen molar-refractivity contribution in [3.63, 3.8) is 0 Å². The first-order chi connectivity index (χ1) is 9.72. The van der Waals surface area contributed by atoms with E-state index in [1.165, 1.54) is 5.56 Å². The van der Waals surface area contributed by atoms with Crippen LogP contribution >= 0.6 is 0 Å². The van der Waals surface area contributed by atoms with Crippen LogP contribution in [0.1, 0.15) is 50.7 Å². The van der Waals surface area contributed by atoms with Crippen LogP contribution in [0.3, 0.4) is 0 Å². The molecule has 5 nitrogen and oxygen atoms in total. The van der Waals surface area contributed by atoms with Crippen molar-refractivity contribution in [2.75, 3.05) is 6.54 Å². The van der Waals surface area contributed by atoms with Crippen molar-refractivity contribution in [1.29, 1.82) is 0 Å². The van der Waals surface area contributed by atoms with Crippen molar-refractivity contribution in [3.8, 4) is 0 Å². The summed E-state index contributed by atoms with van der Waals surface area (Å²) in [4.78, 5) is 8.50. The summed E-state index contributed by atoms with van der Waals surface area (Å²) in [5, 5.41) is 7.89. The van der Waals surface area contributed by atoms with Crippen molar-refractivity contribution in [2.24, 2.45) is 0 Å². The van der Waals surface area contributed by atoms with E-state index in [0.717, 1.165) is 25.2 Å². The summed E-state index contributed by atoms with van der Waals surface area (Å²) < 4.78 is 1.99. The number of nitrogens with one attached hydrogen (secondary N) is 1. The van der Waals surface area contributed by atoms with E-state index in [-0.39, 0.29) is 6.04 Å². The molecule has 1 atom stereocenters. The van der Waals surface area contributed by atoms with Gasteiger partial charge in [0.2, 0.25) is 0 Å². The van der Waals surface area contributed by atoms with Gasteiger partial charge in [-0.25, -0.2) is 9.67 Å². The van der Waals surface area contributed by atoms with Crippen LogP contribution in [0, 0.1) is 0 Å². The van der Waals surface area contributed by atoms with Gasteiger partial charge in [-0.2, -0.15) is 5.10 Å². The Bertz CT molecular complexity index is 506. The van der Waals surface area contributed by atoms with Crippen LogP contribution in [0.15, 0.2) is 30.9 Å². The maximum Gasteiger partial charge on any atom is 0.138 e. The molecular formula is C15H23N5. The smallest absolute Gasteiger partial charge is 0.138 e. The van der Waals surface area contributed by atoms with Gasteiger partial charge in [-0.3, -0.25) is 4.98 Å². The quantitative estimate of drug-likeness (QED) is 0.842. The van der Waals surface area contributed by atoms with E-state index in [1.807, 2.05) is 17.1 Å². The summed E-state index contributed by atoms with van der Waals surface area (Å²) in [7, 11) is 0. The number of rotatable bonds is 7. The molecule has 0 saturated carbocycles. The topological polar surface area (TPSA) is 55.6 Å². The standard InChI is InChI=1S/C15H23N5/c1-4-7-17-14(13-5-8-16-9-6-13)10-15-18-11-19-20(15)12(2)3/h5-6,8-9,11-12,14,17H,4,7,10H2,1-3H3. The Hall–Kier alpha value is -1.75. The van der Waals surface area contributed by atoms with Crippen LogP contribution in [0.5, 0.6) is 0 Å². The molecule has 1 unspecified atom stereocenters. The van der Waals surface area contributed by atoms with Crippen LogP contribution in [-0.2, 0) is 6.42 Å². The van der Waals surface area contributed by atoms with Gasteiger partial charge in [-0.1, -0.05) is 6.92 Å². The molecule has 2 heterocycles. The fraction of sp³-hybridized carbons (Fsp3) is 0.533. The second-order valence-corrected chi connectivity index (χ2v) is 5.21. The summed E-state index contributed by atoms with van der Waals surface area (Å²) in [6.07, 6.45) is 7.26. The predicted octanol–water partition coefficient (Wildman–Crippen LogP) is 2.54. The minimum atomic E-state index is 0.250. The van der Waals surface area contributed by atoms with Gasteiger partial charge in [0.15, 0.2) is 0 Å². The Morgan fingerprint density at radius 2 is 2.00 bits per heavy atom. The highest BCUT2D eigenvalue weighted by molar-refractivity contribution is 5.16. The van der Waals surface area contributed by atoms with Crippen LogP contribution in [0.4, 0.5) is 0 Å². The zero-order valence-corrected chi connectivity index (χ0v) is 12.5. The highest BCUT2D eigenvalue weighted by Gasteiger charge is 2.16. The number of nitrogens with zero attached hydrogens (tertiary/aromatic N) is 4. The molecule has 2 aromatic heterocycles. The highest BCUT2D eigenvalue weighted by atomic mass is 15.3. The van der Waals surface area contributed by atoms with Crippen LogP contribution < -0.4 is 5.32 Å². The van der Waals surface area contributed by atoms with Gasteiger partial charge >= 0.3 is 0 Å². The Morgan fingerprint density at radius 1 is 1.25 bits per heavy atom. The maximum atomic E-state index is 4.41. The van der Waals surface area contributed by atoms with Gasteiger partial charge in [-0.05, 0) is 44.5 Å². The lowest BCUT2D eigenvalue weighted by Crippen LogP contribution is -2.25. The molecule has 0 aliphatic rings. The third-order valence-electron chi connectivity index (χ3n) is 3.27. The SMILES string of the molecule is CCCNC(Cc1ncnn1C(C)C)c1ccncc1. The lowest BCUT2D eigenvalue weighted by Gasteiger charge is -2.19. The summed E-state index contributed by atoms with van der Waals surface area (Å²) in [6, 6.07) is 4.70. The van der Waals surface area contributed by atoms with E-state index in [2.05, 4.69) is 53.3 Å². The molecule has 2 rings (SSSR count). The van der Waals surface area contributed by atoms with Crippen molar-refractivity contribution in [3.05, 3.63) is 42.2 Å². The highest BCUT2D eigenvalue weighted by Crippen LogP contribution is 2.18. The van der Waals surface area contributed by atoms with E-state index in [9.17, 15) is 0 Å². The molecule has 0 aromatic carbocycles. The molecule has 1 N–H and O–H groups in total. The summed E-state index contributed by atoms with van der Waals surface area (Å²) in [5.41, 5.74) is 1.24. The van der Waals surface area contributed by atoms with Gasteiger partial charge in [0.25, 0.3) is 0 Å². The van der Waals surface area contributed by atoms with E-state index in [0.29, 0.717) is 6.04 Å². The monoisotopic (exact) mass is 273 g/mol. The zero-order valence-electron chi connectivity index (χ0n) is 12.5. The molecular weight excluding hydrogens is 250 g/mol. The number of aromatic nitrogens is 4. The number of pyridine rings is 1. The molecule has 0 aliphatic heterocycles. The zero-order chi connectivity index (χ0) is 14.4. The summed E-state index contributed by atoms with van der Waals surface area (Å²) in [5.74, 6) is 1.02. The first-order valence-electron chi connectivity index (χ1n) is 7.24. The van der Waals surface area contributed by atoms with Gasteiger partial charge in [0.1, 0.15) is 12.2 Å². The molecule has 0 aliphatic carbocycles. The predicted molar refractivity (Wildman–Crippen MR) is 79.4 cm³/mol. The van der Waals surface area contributed by atoms with E-state index >= 15 is 0 Å². The lowest BCUT2D eigenvalue weighted by atomic mass is 10.0. The molecule has 0 saturated heterocycles. The molecule has 20 heavy (non-hydrogen) atoms. The average Bonchev–Trinajstić information content (AvgIpc) is 2.92. The Kier molecular flexibility index (Phi) is 5.24. The fourth-order valence-corrected chi connectivity index (χ4v) is 2.26. The van der Waals surface area contributed by atoms with Gasteiger partial charge in [0.05, 0.1) is 0 Å². The van der Waals surface area contributed by atoms with E-state index < -0.39 is 0 Å². The summed E-state index contributed by atoms with van der Waals surface area (Å²) in [6.45, 7) is 7.41. The molecule has 0 fully saturated rings. The molecule has 0 amide bonds. The second kappa shape index (κ2) is 7.14. The van der Waals surface area contributed by atoms with Gasteiger partial charge in [-0.15, -0.1) is 0 Å². The Labute approximate surface area is 120 Å². The van der Waals surface area contributed by atoms with E-state index in [4.69, 9.17) is 0 Å². The lowest BCUT2D eigenvalue weighted by molar-refractivity contribution is 0.463. The van der Waals surface area contributed by atoms with E-state index in [1.54, 1.807) is 6.33 Å². The summed E-state index contributed by atoms with van der Waals surface area (Å²) >= 11 is 0. The van der Waals surface area contributed by atoms with Crippen LogP contribution in [0.2, 0.25) is 0 Å². The molecule has 2 aromatic rings. The number of hydrogen-bond donors (Lipinski definition) is 1. The third kappa shape index (κ3) is 3.63. The molecule has 0 spiro atoms. The minimum absolute atomic E-state index is 0.250. The third-order valence-corrected chi connectivity index (χ3v) is 3.27. The Balaban J connectivity index is 2.17. The van der Waals surface area contributed by atoms with Gasteiger partial charge < -0.3 is 5.32 Å². The first kappa shape index (κ1) is 14.7. The fourth-order valence-electron chi connectivity index (χ4n) is 2.26. The maximum absolute atomic E-state index is 4.41.